The summed E-state index contributed by atoms with van der Waals surface area (Å²) in [7, 11) is 0. The van der Waals surface area contributed by atoms with Gasteiger partial charge in [-0.15, -0.1) is 0 Å². The molecule has 1 aliphatic heterocycles. The highest BCUT2D eigenvalue weighted by Crippen LogP contribution is 2.28. The van der Waals surface area contributed by atoms with E-state index in [1.807, 2.05) is 18.2 Å². The molecule has 0 spiro atoms. The van der Waals surface area contributed by atoms with Crippen LogP contribution in [0.5, 0.6) is 0 Å². The van der Waals surface area contributed by atoms with Crippen LogP contribution < -0.4 is 5.32 Å². The van der Waals surface area contributed by atoms with Crippen molar-refractivity contribution in [3.05, 3.63) is 71.1 Å². The number of allylic oxidation sites excluding steroid dienone is 4. The first-order valence-electron chi connectivity index (χ1n) is 15.2. The van der Waals surface area contributed by atoms with Gasteiger partial charge >= 0.3 is 0 Å². The number of nitrogens with zero attached hydrogens (tertiary/aromatic N) is 3. The maximum atomic E-state index is 8.58. The number of aliphatic imine (C=N–C) groups is 1. The number of hydrogen-bond acceptors (Lipinski definition) is 4. The zero-order valence-corrected chi connectivity index (χ0v) is 26.7. The Morgan fingerprint density at radius 3 is 2.33 bits per heavy atom. The van der Waals surface area contributed by atoms with E-state index in [1.54, 1.807) is 6.20 Å². The number of benzene rings is 1. The summed E-state index contributed by atoms with van der Waals surface area (Å²) in [5, 5.41) is 12.1. The second-order valence-electron chi connectivity index (χ2n) is 10.5. The van der Waals surface area contributed by atoms with Crippen molar-refractivity contribution in [2.75, 3.05) is 19.6 Å². The molecular formula is C35H58N4. The van der Waals surface area contributed by atoms with E-state index in [4.69, 9.17) is 5.26 Å². The summed E-state index contributed by atoms with van der Waals surface area (Å²) in [6.45, 7) is 26.8. The largest absolute Gasteiger partial charge is 0.372 e. The fraction of sp³-hybridized carbons (Fsp3) is 0.600. The van der Waals surface area contributed by atoms with Crippen LogP contribution in [0.1, 0.15) is 112 Å². The highest BCUT2D eigenvalue weighted by Gasteiger charge is 2.22. The third kappa shape index (κ3) is 14.4. The first-order valence-corrected chi connectivity index (χ1v) is 15.2. The number of unbranched alkanes of at least 4 members (excludes halogenated alkanes) is 3. The minimum atomic E-state index is 0.527. The van der Waals surface area contributed by atoms with E-state index in [2.05, 4.69) is 102 Å². The van der Waals surface area contributed by atoms with Crippen LogP contribution in [0, 0.1) is 17.2 Å². The molecule has 2 rings (SSSR count). The number of piperazine rings is 1. The lowest BCUT2D eigenvalue weighted by Crippen LogP contribution is -2.48. The average molecular weight is 535 g/mol. The third-order valence-corrected chi connectivity index (χ3v) is 7.15. The summed E-state index contributed by atoms with van der Waals surface area (Å²) in [4.78, 5) is 6.98. The Morgan fingerprint density at radius 2 is 1.85 bits per heavy atom. The van der Waals surface area contributed by atoms with Crippen molar-refractivity contribution >= 4 is 5.71 Å². The molecule has 0 aromatic heterocycles. The van der Waals surface area contributed by atoms with Crippen LogP contribution in [0.2, 0.25) is 0 Å². The summed E-state index contributed by atoms with van der Waals surface area (Å²) in [6, 6.07) is 10.4. The molecule has 0 saturated carbocycles. The van der Waals surface area contributed by atoms with Crippen LogP contribution in [0.25, 0.3) is 0 Å². The van der Waals surface area contributed by atoms with Gasteiger partial charge in [-0.2, -0.15) is 5.26 Å². The predicted octanol–water partition coefficient (Wildman–Crippen LogP) is 9.25. The first-order chi connectivity index (χ1) is 18.7. The van der Waals surface area contributed by atoms with Gasteiger partial charge in [-0.1, -0.05) is 91.5 Å². The molecule has 39 heavy (non-hydrogen) atoms. The number of aryl methyl sites for hydroxylation is 1. The molecule has 4 heteroatoms. The van der Waals surface area contributed by atoms with Crippen LogP contribution in [-0.2, 0) is 6.42 Å². The molecule has 4 nitrogen and oxygen atoms in total. The van der Waals surface area contributed by atoms with E-state index in [0.717, 1.165) is 50.2 Å². The van der Waals surface area contributed by atoms with Crippen molar-refractivity contribution in [2.45, 2.75) is 113 Å². The molecule has 2 unspecified atom stereocenters. The van der Waals surface area contributed by atoms with Crippen molar-refractivity contribution in [1.82, 2.24) is 10.2 Å². The van der Waals surface area contributed by atoms with Crippen LogP contribution in [0.4, 0.5) is 0 Å². The van der Waals surface area contributed by atoms with Gasteiger partial charge in [-0.05, 0) is 69.7 Å². The van der Waals surface area contributed by atoms with Crippen LogP contribution in [0.3, 0.4) is 0 Å². The van der Waals surface area contributed by atoms with Crippen LogP contribution in [-0.4, -0.2) is 36.3 Å². The van der Waals surface area contributed by atoms with Gasteiger partial charge < -0.3 is 10.2 Å². The molecule has 0 radical (unpaired) electrons. The molecule has 0 aliphatic carbocycles. The normalized spacial score (nSPS) is 17.0. The Labute approximate surface area is 242 Å². The van der Waals surface area contributed by atoms with Crippen molar-refractivity contribution in [2.24, 2.45) is 10.9 Å². The first kappa shape index (κ1) is 36.4. The lowest BCUT2D eigenvalue weighted by molar-refractivity contribution is 0.255. The fourth-order valence-corrected chi connectivity index (χ4v) is 4.76. The van der Waals surface area contributed by atoms with E-state index >= 15 is 0 Å². The highest BCUT2D eigenvalue weighted by atomic mass is 15.2. The lowest BCUT2D eigenvalue weighted by Gasteiger charge is -2.36. The Kier molecular flexibility index (Phi) is 20.7. The van der Waals surface area contributed by atoms with Crippen molar-refractivity contribution in [3.63, 3.8) is 0 Å². The highest BCUT2D eigenvalue weighted by molar-refractivity contribution is 6.03. The molecule has 218 valence electrons. The molecular weight excluding hydrogens is 476 g/mol. The quantitative estimate of drug-likeness (QED) is 0.175. The second kappa shape index (κ2) is 22.2. The summed E-state index contributed by atoms with van der Waals surface area (Å²) >= 11 is 0. The van der Waals surface area contributed by atoms with E-state index in [-0.39, 0.29) is 0 Å². The Hall–Kier alpha value is -2.64. The number of rotatable bonds is 11. The average Bonchev–Trinajstić information content (AvgIpc) is 2.95. The molecule has 1 fully saturated rings. The van der Waals surface area contributed by atoms with E-state index in [0.29, 0.717) is 12.0 Å². The number of hydrogen-bond donors (Lipinski definition) is 1. The molecule has 0 bridgehead atoms. The SMILES string of the molecule is C=CN=C(C)C(/C(=C\C)C(C)CC)=C(\C)N1CCNC(C)C1.CCCCCC.CCCc1cccc(C#N)c1. The van der Waals surface area contributed by atoms with E-state index < -0.39 is 0 Å². The molecule has 2 atom stereocenters. The summed E-state index contributed by atoms with van der Waals surface area (Å²) < 4.78 is 0. The summed E-state index contributed by atoms with van der Waals surface area (Å²) in [6.07, 6.45) is 12.8. The van der Waals surface area contributed by atoms with Crippen LogP contribution in [0.15, 0.2) is 65.0 Å². The molecule has 0 amide bonds. The minimum absolute atomic E-state index is 0.527. The van der Waals surface area contributed by atoms with Gasteiger partial charge in [0.05, 0.1) is 11.6 Å². The molecule has 1 N–H and O–H groups in total. The molecule has 1 aromatic rings. The number of nitriles is 1. The second-order valence-corrected chi connectivity index (χ2v) is 10.5. The number of nitrogens with one attached hydrogen (secondary N) is 1. The summed E-state index contributed by atoms with van der Waals surface area (Å²) in [5.41, 5.74) is 7.11. The van der Waals surface area contributed by atoms with Gasteiger partial charge in [-0.25, -0.2) is 0 Å². The van der Waals surface area contributed by atoms with Crippen molar-refractivity contribution < 1.29 is 0 Å². The lowest BCUT2D eigenvalue weighted by atomic mass is 9.87. The van der Waals surface area contributed by atoms with Gasteiger partial charge in [0.2, 0.25) is 0 Å². The Morgan fingerprint density at radius 1 is 1.18 bits per heavy atom. The van der Waals surface area contributed by atoms with Gasteiger partial charge in [0.25, 0.3) is 0 Å². The van der Waals surface area contributed by atoms with E-state index in [1.165, 1.54) is 48.1 Å². The maximum Gasteiger partial charge on any atom is 0.0991 e. The monoisotopic (exact) mass is 534 g/mol. The third-order valence-electron chi connectivity index (χ3n) is 7.15. The van der Waals surface area contributed by atoms with Gasteiger partial charge in [0, 0.05) is 48.9 Å². The summed E-state index contributed by atoms with van der Waals surface area (Å²) in [5.74, 6) is 0.533. The van der Waals surface area contributed by atoms with Crippen molar-refractivity contribution in [1.29, 1.82) is 5.26 Å². The minimum Gasteiger partial charge on any atom is -0.372 e. The van der Waals surface area contributed by atoms with Gasteiger partial charge in [0.15, 0.2) is 0 Å². The van der Waals surface area contributed by atoms with Gasteiger partial charge in [-0.3, -0.25) is 4.99 Å². The molecule has 1 saturated heterocycles. The van der Waals surface area contributed by atoms with Crippen molar-refractivity contribution in [3.8, 4) is 6.07 Å². The molecule has 1 heterocycles. The maximum absolute atomic E-state index is 8.58. The standard InChI is InChI=1S/C19H33N3.C10H11N.C6H14/c1-8-14(4)18(9-2)19(16(6)20-10-3)17(7)22-12-11-21-15(5)13-22;1-2-4-9-5-3-6-10(7-9)8-11;1-3-5-6-4-2/h9-10,14-15,21H,3,8,11-13H2,1-2,4-7H3;3,5-7H,2,4H2,1H3;3-6H2,1-2H3/b18-9-,19-17-,20-16?;;. The zero-order valence-electron chi connectivity index (χ0n) is 26.7. The zero-order chi connectivity index (χ0) is 29.6. The Balaban J connectivity index is 0.000000699. The smallest absolute Gasteiger partial charge is 0.0991 e. The van der Waals surface area contributed by atoms with E-state index in [9.17, 15) is 0 Å². The van der Waals surface area contributed by atoms with Crippen LogP contribution >= 0.6 is 0 Å². The topological polar surface area (TPSA) is 51.4 Å². The fourth-order valence-electron chi connectivity index (χ4n) is 4.76. The van der Waals surface area contributed by atoms with Gasteiger partial charge in [0.1, 0.15) is 0 Å². The predicted molar refractivity (Wildman–Crippen MR) is 173 cm³/mol. The molecule has 1 aromatic carbocycles. The Bertz CT molecular complexity index is 944. The molecule has 1 aliphatic rings.